The van der Waals surface area contributed by atoms with Crippen molar-refractivity contribution in [3.63, 3.8) is 0 Å². The van der Waals surface area contributed by atoms with E-state index in [9.17, 15) is 0 Å². The van der Waals surface area contributed by atoms with Gasteiger partial charge in [-0.15, -0.1) is 0 Å². The molecule has 0 bridgehead atoms. The highest BCUT2D eigenvalue weighted by atomic mass is 127. The number of hydrogen-bond acceptors (Lipinski definition) is 3. The predicted octanol–water partition coefficient (Wildman–Crippen LogP) is 6.89. The van der Waals surface area contributed by atoms with Crippen molar-refractivity contribution in [3.8, 4) is 11.5 Å². The third-order valence-electron chi connectivity index (χ3n) is 4.54. The molecule has 0 radical (unpaired) electrons. The zero-order chi connectivity index (χ0) is 20.6. The molecule has 0 N–H and O–H groups in total. The Morgan fingerprint density at radius 2 is 1.59 bits per heavy atom. The lowest BCUT2D eigenvalue weighted by molar-refractivity contribution is 0.267. The molecule has 0 heterocycles. The Labute approximate surface area is 186 Å². The number of benzene rings is 3. The molecule has 0 aliphatic carbocycles. The fourth-order valence-electron chi connectivity index (χ4n) is 2.87. The average Bonchev–Trinajstić information content (AvgIpc) is 2.73. The van der Waals surface area contributed by atoms with Crippen molar-refractivity contribution < 1.29 is 9.47 Å². The van der Waals surface area contributed by atoms with Crippen LogP contribution in [0, 0.1) is 10.5 Å². The minimum absolute atomic E-state index is 0.508. The minimum Gasteiger partial charge on any atom is -0.490 e. The topological polar surface area (TPSA) is 30.8 Å². The number of aliphatic imine (C=N–C) groups is 1. The summed E-state index contributed by atoms with van der Waals surface area (Å²) in [6.07, 6.45) is 2.90. The van der Waals surface area contributed by atoms with Gasteiger partial charge in [-0.3, -0.25) is 4.99 Å². The van der Waals surface area contributed by atoms with Gasteiger partial charge in [-0.2, -0.15) is 0 Å². The standard InChI is InChI=1S/C25H26INO2/c1-4-19-10-12-22(13-11-19)27-16-21-14-23(26)25(24(15-21)28-5-2)29-17-20-8-6-18(3)7-9-20/h6-16H,4-5,17H2,1-3H3. The van der Waals surface area contributed by atoms with Crippen molar-refractivity contribution in [1.29, 1.82) is 0 Å². The summed E-state index contributed by atoms with van der Waals surface area (Å²) in [6, 6.07) is 20.7. The van der Waals surface area contributed by atoms with Crippen LogP contribution in [-0.2, 0) is 13.0 Å². The SMILES string of the molecule is CCOc1cc(C=Nc2ccc(CC)cc2)cc(I)c1OCc1ccc(C)cc1. The molecule has 0 saturated carbocycles. The Balaban J connectivity index is 1.79. The molecule has 150 valence electrons. The first-order chi connectivity index (χ1) is 14.1. The molecule has 3 aromatic rings. The van der Waals surface area contributed by atoms with Crippen LogP contribution < -0.4 is 9.47 Å². The average molecular weight is 499 g/mol. The highest BCUT2D eigenvalue weighted by Gasteiger charge is 2.12. The van der Waals surface area contributed by atoms with Crippen LogP contribution in [0.1, 0.15) is 36.1 Å². The van der Waals surface area contributed by atoms with E-state index in [1.54, 1.807) is 0 Å². The van der Waals surface area contributed by atoms with Crippen molar-refractivity contribution in [2.24, 2.45) is 4.99 Å². The van der Waals surface area contributed by atoms with E-state index in [0.717, 1.165) is 38.3 Å². The molecule has 0 saturated heterocycles. The van der Waals surface area contributed by atoms with Gasteiger partial charge in [0.05, 0.1) is 15.9 Å². The van der Waals surface area contributed by atoms with Crippen LogP contribution in [-0.4, -0.2) is 12.8 Å². The number of nitrogens with zero attached hydrogens (tertiary/aromatic N) is 1. The smallest absolute Gasteiger partial charge is 0.175 e. The summed E-state index contributed by atoms with van der Waals surface area (Å²) in [5.41, 5.74) is 5.61. The van der Waals surface area contributed by atoms with Gasteiger partial charge < -0.3 is 9.47 Å². The van der Waals surface area contributed by atoms with Gasteiger partial charge in [-0.25, -0.2) is 0 Å². The van der Waals surface area contributed by atoms with Crippen LogP contribution in [0.4, 0.5) is 5.69 Å². The summed E-state index contributed by atoms with van der Waals surface area (Å²) in [6.45, 7) is 7.30. The van der Waals surface area contributed by atoms with Gasteiger partial charge >= 0.3 is 0 Å². The molecule has 0 unspecified atom stereocenters. The molecule has 29 heavy (non-hydrogen) atoms. The van der Waals surface area contributed by atoms with E-state index in [0.29, 0.717) is 13.2 Å². The molecule has 0 aliphatic heterocycles. The Kier molecular flexibility index (Phi) is 7.69. The van der Waals surface area contributed by atoms with E-state index in [1.165, 1.54) is 11.1 Å². The van der Waals surface area contributed by atoms with Crippen molar-refractivity contribution in [1.82, 2.24) is 0 Å². The predicted molar refractivity (Wildman–Crippen MR) is 129 cm³/mol. The monoisotopic (exact) mass is 499 g/mol. The summed E-state index contributed by atoms with van der Waals surface area (Å²) in [7, 11) is 0. The quantitative estimate of drug-likeness (QED) is 0.250. The second-order valence-corrected chi connectivity index (χ2v) is 7.98. The Bertz CT molecular complexity index is 963. The van der Waals surface area contributed by atoms with Crippen molar-refractivity contribution >= 4 is 34.5 Å². The van der Waals surface area contributed by atoms with E-state index in [2.05, 4.69) is 83.9 Å². The summed E-state index contributed by atoms with van der Waals surface area (Å²) in [5, 5.41) is 0. The number of hydrogen-bond donors (Lipinski definition) is 0. The number of halogens is 1. The molecule has 0 spiro atoms. The Morgan fingerprint density at radius 3 is 2.24 bits per heavy atom. The Morgan fingerprint density at radius 1 is 0.897 bits per heavy atom. The van der Waals surface area contributed by atoms with Gasteiger partial charge in [-0.05, 0) is 83.8 Å². The fraction of sp³-hybridized carbons (Fsp3) is 0.240. The van der Waals surface area contributed by atoms with E-state index >= 15 is 0 Å². The molecular formula is C25H26INO2. The van der Waals surface area contributed by atoms with Crippen LogP contribution in [0.3, 0.4) is 0 Å². The van der Waals surface area contributed by atoms with E-state index in [4.69, 9.17) is 9.47 Å². The molecule has 0 atom stereocenters. The molecule has 0 fully saturated rings. The largest absolute Gasteiger partial charge is 0.490 e. The van der Waals surface area contributed by atoms with Crippen molar-refractivity contribution in [3.05, 3.63) is 86.5 Å². The second kappa shape index (κ2) is 10.4. The zero-order valence-electron chi connectivity index (χ0n) is 17.1. The molecule has 4 heteroatoms. The fourth-order valence-corrected chi connectivity index (χ4v) is 3.65. The summed E-state index contributed by atoms with van der Waals surface area (Å²) in [4.78, 5) is 4.60. The first-order valence-electron chi connectivity index (χ1n) is 9.86. The first-order valence-corrected chi connectivity index (χ1v) is 10.9. The maximum atomic E-state index is 6.11. The van der Waals surface area contributed by atoms with Gasteiger partial charge in [0.1, 0.15) is 6.61 Å². The third-order valence-corrected chi connectivity index (χ3v) is 5.34. The van der Waals surface area contributed by atoms with Crippen LogP contribution in [0.5, 0.6) is 11.5 Å². The Hall–Kier alpha value is -2.34. The lowest BCUT2D eigenvalue weighted by Crippen LogP contribution is -2.02. The normalized spacial score (nSPS) is 11.0. The molecule has 0 amide bonds. The minimum atomic E-state index is 0.508. The van der Waals surface area contributed by atoms with E-state index in [-0.39, 0.29) is 0 Å². The number of ether oxygens (including phenoxy) is 2. The maximum absolute atomic E-state index is 6.11. The van der Waals surface area contributed by atoms with E-state index in [1.807, 2.05) is 31.3 Å². The molecule has 0 aliphatic rings. The van der Waals surface area contributed by atoms with Gasteiger partial charge in [0.2, 0.25) is 0 Å². The van der Waals surface area contributed by atoms with Gasteiger partial charge in [0.15, 0.2) is 11.5 Å². The molecule has 3 nitrogen and oxygen atoms in total. The zero-order valence-corrected chi connectivity index (χ0v) is 19.3. The highest BCUT2D eigenvalue weighted by molar-refractivity contribution is 14.1. The molecule has 3 aromatic carbocycles. The summed E-state index contributed by atoms with van der Waals surface area (Å²) < 4.78 is 13.0. The summed E-state index contributed by atoms with van der Waals surface area (Å²) in [5.74, 6) is 1.52. The van der Waals surface area contributed by atoms with Crippen molar-refractivity contribution in [2.45, 2.75) is 33.8 Å². The lowest BCUT2D eigenvalue weighted by Gasteiger charge is -2.15. The lowest BCUT2D eigenvalue weighted by atomic mass is 10.1. The highest BCUT2D eigenvalue weighted by Crippen LogP contribution is 2.34. The maximum Gasteiger partial charge on any atom is 0.175 e. The number of aryl methyl sites for hydroxylation is 2. The summed E-state index contributed by atoms with van der Waals surface area (Å²) >= 11 is 2.30. The molecule has 0 aromatic heterocycles. The van der Waals surface area contributed by atoms with Crippen LogP contribution in [0.15, 0.2) is 65.7 Å². The number of rotatable bonds is 8. The molecule has 3 rings (SSSR count). The molecular weight excluding hydrogens is 473 g/mol. The van der Waals surface area contributed by atoms with Crippen LogP contribution >= 0.6 is 22.6 Å². The third kappa shape index (κ3) is 6.07. The van der Waals surface area contributed by atoms with Gasteiger partial charge in [-0.1, -0.05) is 48.9 Å². The van der Waals surface area contributed by atoms with Crippen molar-refractivity contribution in [2.75, 3.05) is 6.61 Å². The van der Waals surface area contributed by atoms with E-state index < -0.39 is 0 Å². The first kappa shape index (κ1) is 21.4. The van der Waals surface area contributed by atoms with Gasteiger partial charge in [0.25, 0.3) is 0 Å². The van der Waals surface area contributed by atoms with Crippen LogP contribution in [0.25, 0.3) is 0 Å². The second-order valence-electron chi connectivity index (χ2n) is 6.82. The van der Waals surface area contributed by atoms with Gasteiger partial charge in [0, 0.05) is 6.21 Å². The van der Waals surface area contributed by atoms with Crippen LogP contribution in [0.2, 0.25) is 0 Å².